The Labute approximate surface area is 118 Å². The highest BCUT2D eigenvalue weighted by Gasteiger charge is 2.08. The van der Waals surface area contributed by atoms with Gasteiger partial charge in [-0.05, 0) is 50.7 Å². The van der Waals surface area contributed by atoms with Gasteiger partial charge in [0.1, 0.15) is 14.5 Å². The lowest BCUT2D eigenvalue weighted by molar-refractivity contribution is 0.469. The molecule has 0 aliphatic heterocycles. The number of hydrogen-bond donors (Lipinski definition) is 0. The Hall–Kier alpha value is -0.340. The lowest BCUT2D eigenvalue weighted by atomic mass is 10.4. The van der Waals surface area contributed by atoms with E-state index in [1.807, 2.05) is 22.6 Å². The minimum Gasteiger partial charge on any atom is -0.452 e. The van der Waals surface area contributed by atoms with Crippen molar-refractivity contribution in [3.63, 3.8) is 0 Å². The molecule has 0 spiro atoms. The van der Waals surface area contributed by atoms with Gasteiger partial charge in [0.15, 0.2) is 4.67 Å². The average molecular weight is 415 g/mol. The van der Waals surface area contributed by atoms with E-state index in [9.17, 15) is 4.79 Å². The van der Waals surface area contributed by atoms with Crippen LogP contribution in [-0.2, 0) is 6.54 Å². The van der Waals surface area contributed by atoms with Crippen molar-refractivity contribution in [3.05, 3.63) is 48.0 Å². The number of furan rings is 1. The van der Waals surface area contributed by atoms with E-state index >= 15 is 0 Å². The molecule has 0 unspecified atom stereocenters. The van der Waals surface area contributed by atoms with E-state index in [1.165, 1.54) is 10.9 Å². The Kier molecular flexibility index (Phi) is 3.70. The highest BCUT2D eigenvalue weighted by molar-refractivity contribution is 14.1. The van der Waals surface area contributed by atoms with Gasteiger partial charge in [0.2, 0.25) is 0 Å². The topological polar surface area (TPSA) is 48.0 Å². The predicted octanol–water partition coefficient (Wildman–Crippen LogP) is 2.91. The highest BCUT2D eigenvalue weighted by atomic mass is 127. The molecule has 0 N–H and O–H groups in total. The molecule has 2 aromatic rings. The highest BCUT2D eigenvalue weighted by Crippen LogP contribution is 2.15. The third-order valence-corrected chi connectivity index (χ3v) is 3.90. The summed E-state index contributed by atoms with van der Waals surface area (Å²) in [6.45, 7) is 0.338. The van der Waals surface area contributed by atoms with Gasteiger partial charge >= 0.3 is 0 Å². The molecule has 16 heavy (non-hydrogen) atoms. The number of aromatic nitrogens is 2. The number of nitrogens with zero attached hydrogens (tertiary/aromatic N) is 2. The van der Waals surface area contributed by atoms with Crippen molar-refractivity contribution in [2.75, 3.05) is 0 Å². The van der Waals surface area contributed by atoms with Crippen molar-refractivity contribution in [2.24, 2.45) is 0 Å². The molecular formula is C9H5BrClIN2O2. The Bertz CT molecular complexity index is 581. The molecule has 0 fully saturated rings. The van der Waals surface area contributed by atoms with Crippen LogP contribution in [0.25, 0.3) is 0 Å². The van der Waals surface area contributed by atoms with Gasteiger partial charge in [-0.1, -0.05) is 11.6 Å². The van der Waals surface area contributed by atoms with Gasteiger partial charge in [0.05, 0.1) is 12.9 Å². The maximum absolute atomic E-state index is 11.8. The van der Waals surface area contributed by atoms with Gasteiger partial charge in [0, 0.05) is 0 Å². The van der Waals surface area contributed by atoms with E-state index in [-0.39, 0.29) is 10.7 Å². The summed E-state index contributed by atoms with van der Waals surface area (Å²) >= 11 is 10.8. The zero-order valence-corrected chi connectivity index (χ0v) is 12.3. The van der Waals surface area contributed by atoms with E-state index in [4.69, 9.17) is 16.0 Å². The van der Waals surface area contributed by atoms with Crippen molar-refractivity contribution in [3.8, 4) is 0 Å². The van der Waals surface area contributed by atoms with Crippen molar-refractivity contribution in [1.29, 1.82) is 0 Å². The zero-order valence-electron chi connectivity index (χ0n) is 7.78. The van der Waals surface area contributed by atoms with E-state index < -0.39 is 0 Å². The van der Waals surface area contributed by atoms with Crippen molar-refractivity contribution in [1.82, 2.24) is 9.55 Å². The fourth-order valence-corrected chi connectivity index (χ4v) is 2.07. The van der Waals surface area contributed by atoms with Crippen LogP contribution in [0.15, 0.2) is 32.3 Å². The quantitative estimate of drug-likeness (QED) is 0.560. The number of hydrogen-bond acceptors (Lipinski definition) is 3. The van der Waals surface area contributed by atoms with Crippen LogP contribution in [-0.4, -0.2) is 9.55 Å². The van der Waals surface area contributed by atoms with Crippen LogP contribution in [0, 0.1) is 3.57 Å². The van der Waals surface area contributed by atoms with Gasteiger partial charge in [0.25, 0.3) is 5.56 Å². The molecule has 0 atom stereocenters. The van der Waals surface area contributed by atoms with Gasteiger partial charge in [-0.25, -0.2) is 4.98 Å². The van der Waals surface area contributed by atoms with Crippen LogP contribution in [0.2, 0.25) is 5.15 Å². The lowest BCUT2D eigenvalue weighted by Crippen LogP contribution is -2.23. The second kappa shape index (κ2) is 4.89. The average Bonchev–Trinajstić information content (AvgIpc) is 2.65. The lowest BCUT2D eigenvalue weighted by Gasteiger charge is -2.03. The van der Waals surface area contributed by atoms with E-state index in [1.54, 1.807) is 12.1 Å². The first-order valence-electron chi connectivity index (χ1n) is 4.22. The molecule has 0 aliphatic carbocycles. The zero-order chi connectivity index (χ0) is 11.7. The van der Waals surface area contributed by atoms with Crippen LogP contribution < -0.4 is 5.56 Å². The van der Waals surface area contributed by atoms with E-state index in [2.05, 4.69) is 20.9 Å². The molecule has 0 radical (unpaired) electrons. The van der Waals surface area contributed by atoms with Crippen LogP contribution in [0.5, 0.6) is 0 Å². The summed E-state index contributed by atoms with van der Waals surface area (Å²) < 4.78 is 7.79. The van der Waals surface area contributed by atoms with E-state index in [0.29, 0.717) is 20.5 Å². The van der Waals surface area contributed by atoms with Gasteiger partial charge in [-0.3, -0.25) is 9.36 Å². The van der Waals surface area contributed by atoms with Crippen molar-refractivity contribution < 1.29 is 4.42 Å². The summed E-state index contributed by atoms with van der Waals surface area (Å²) in [5, 5.41) is 0.225. The maximum atomic E-state index is 11.8. The standard InChI is InChI=1S/C9H5BrClIN2O2/c10-6-2-1-5(16-6)3-14-4-13-8(11)7(12)9(14)15/h1-2,4H,3H2. The van der Waals surface area contributed by atoms with E-state index in [0.717, 1.165) is 0 Å². The largest absolute Gasteiger partial charge is 0.452 e. The number of halogens is 3. The van der Waals surface area contributed by atoms with Crippen LogP contribution in [0.4, 0.5) is 0 Å². The minimum atomic E-state index is -0.173. The normalized spacial score (nSPS) is 10.7. The molecule has 0 saturated carbocycles. The smallest absolute Gasteiger partial charge is 0.268 e. The molecule has 2 aromatic heterocycles. The maximum Gasteiger partial charge on any atom is 0.268 e. The minimum absolute atomic E-state index is 0.173. The van der Waals surface area contributed by atoms with Gasteiger partial charge in [-0.2, -0.15) is 0 Å². The third-order valence-electron chi connectivity index (χ3n) is 1.90. The predicted molar refractivity (Wildman–Crippen MR) is 71.7 cm³/mol. The monoisotopic (exact) mass is 414 g/mol. The first-order chi connectivity index (χ1) is 7.58. The summed E-state index contributed by atoms with van der Waals surface area (Å²) in [5.41, 5.74) is -0.173. The van der Waals surface area contributed by atoms with Crippen LogP contribution in [0.1, 0.15) is 5.76 Å². The Balaban J connectivity index is 2.36. The SMILES string of the molecule is O=c1c(I)c(Cl)ncn1Cc1ccc(Br)o1. The summed E-state index contributed by atoms with van der Waals surface area (Å²) in [5.74, 6) is 0.675. The van der Waals surface area contributed by atoms with Gasteiger partial charge in [-0.15, -0.1) is 0 Å². The molecule has 0 amide bonds. The summed E-state index contributed by atoms with van der Waals surface area (Å²) in [7, 11) is 0. The van der Waals surface area contributed by atoms with Gasteiger partial charge < -0.3 is 4.42 Å². The van der Waals surface area contributed by atoms with Crippen molar-refractivity contribution >= 4 is 50.1 Å². The first-order valence-corrected chi connectivity index (χ1v) is 6.47. The molecule has 0 aromatic carbocycles. The summed E-state index contributed by atoms with van der Waals surface area (Å²) in [4.78, 5) is 15.7. The molecule has 2 heterocycles. The fraction of sp³-hybridized carbons (Fsp3) is 0.111. The summed E-state index contributed by atoms with van der Waals surface area (Å²) in [6.07, 6.45) is 1.41. The third kappa shape index (κ3) is 2.49. The molecule has 2 rings (SSSR count). The molecular weight excluding hydrogens is 410 g/mol. The van der Waals surface area contributed by atoms with Crippen LogP contribution in [0.3, 0.4) is 0 Å². The Morgan fingerprint density at radius 3 is 2.94 bits per heavy atom. The molecule has 0 aliphatic rings. The molecule has 84 valence electrons. The van der Waals surface area contributed by atoms with Crippen LogP contribution >= 0.6 is 50.1 Å². The summed E-state index contributed by atoms with van der Waals surface area (Å²) in [6, 6.07) is 3.56. The molecule has 4 nitrogen and oxygen atoms in total. The molecule has 7 heteroatoms. The second-order valence-corrected chi connectivity index (χ2v) is 5.21. The first kappa shape index (κ1) is 12.1. The number of rotatable bonds is 2. The molecule has 0 bridgehead atoms. The Morgan fingerprint density at radius 2 is 2.31 bits per heavy atom. The Morgan fingerprint density at radius 1 is 1.56 bits per heavy atom. The fourth-order valence-electron chi connectivity index (χ4n) is 1.16. The molecule has 0 saturated heterocycles. The van der Waals surface area contributed by atoms with Crippen molar-refractivity contribution in [2.45, 2.75) is 6.54 Å². The second-order valence-electron chi connectivity index (χ2n) is 2.99.